The third-order valence-corrected chi connectivity index (χ3v) is 3.05. The fraction of sp³-hybridized carbons (Fsp3) is 0. The molecule has 0 unspecified atom stereocenters. The second-order valence-corrected chi connectivity index (χ2v) is 5.24. The van der Waals surface area contributed by atoms with Crippen molar-refractivity contribution in [2.24, 2.45) is 0 Å². The Morgan fingerprint density at radius 3 is 2.17 bits per heavy atom. The van der Waals surface area contributed by atoms with Gasteiger partial charge in [-0.2, -0.15) is 0 Å². The van der Waals surface area contributed by atoms with E-state index < -0.39 is 27.0 Å². The Balaban J connectivity index is 3.39. The maximum Gasteiger partial charge on any atom is 0.330 e. The van der Waals surface area contributed by atoms with E-state index >= 15 is 0 Å². The zero-order valence-corrected chi connectivity index (χ0v) is 9.70. The Morgan fingerprint density at radius 1 is 1.25 bits per heavy atom. The van der Waals surface area contributed by atoms with Gasteiger partial charge in [-0.05, 0) is 0 Å². The summed E-state index contributed by atoms with van der Waals surface area (Å²) in [5.74, 6) is 0. The van der Waals surface area contributed by atoms with E-state index in [0.29, 0.717) is 10.5 Å². The lowest BCUT2D eigenvalue weighted by molar-refractivity contribution is 0.628. The van der Waals surface area contributed by atoms with Gasteiger partial charge in [0.1, 0.15) is 10.5 Å². The summed E-state index contributed by atoms with van der Waals surface area (Å²) in [5, 5.41) is 0. The largest absolute Gasteiger partial charge is 0.453 e. The monoisotopic (exact) mass is 205 g/mol. The molecule has 1 aromatic heterocycles. The van der Waals surface area contributed by atoms with E-state index in [1.54, 1.807) is 0 Å². The molecular weight excluding hydrogens is 198 g/mol. The lowest BCUT2D eigenvalue weighted by atomic mass is 11.0. The number of hydrogen-bond donors (Lipinski definition) is 2. The van der Waals surface area contributed by atoms with Crippen molar-refractivity contribution in [3.8, 4) is 0 Å². The molecule has 0 aliphatic rings. The Kier molecular flexibility index (Phi) is 2.57. The van der Waals surface area contributed by atoms with Crippen LogP contribution in [0.25, 0.3) is 0 Å². The fourth-order valence-corrected chi connectivity index (χ4v) is 2.12. The van der Waals surface area contributed by atoms with Gasteiger partial charge in [-0.15, -0.1) is 0 Å². The molecule has 0 aliphatic heterocycles. The third kappa shape index (κ3) is 1.69. The number of H-pyrrole nitrogens is 2. The van der Waals surface area contributed by atoms with Gasteiger partial charge in [0.25, 0.3) is 9.92 Å². The van der Waals surface area contributed by atoms with Crippen molar-refractivity contribution in [3.63, 3.8) is 0 Å². The topological polar surface area (TPSA) is 96.9 Å². The summed E-state index contributed by atoms with van der Waals surface area (Å²) in [5.41, 5.74) is -2.19. The summed E-state index contributed by atoms with van der Waals surface area (Å²) in [6.45, 7) is 0. The van der Waals surface area contributed by atoms with Gasteiger partial charge in [-0.1, -0.05) is 0 Å². The summed E-state index contributed by atoms with van der Waals surface area (Å²) in [6, 6.07) is 0. The zero-order valence-electron chi connectivity index (χ0n) is 6.29. The van der Waals surface area contributed by atoms with Crippen molar-refractivity contribution in [2.75, 3.05) is 0 Å². The summed E-state index contributed by atoms with van der Waals surface area (Å²) < 4.78 is 5.73. The van der Waals surface area contributed by atoms with Gasteiger partial charge >= 0.3 is 17.1 Å². The van der Waals surface area contributed by atoms with E-state index in [-0.39, 0.29) is 0 Å². The summed E-state index contributed by atoms with van der Waals surface area (Å²) in [6.07, 6.45) is 0. The SMILES string of the molecule is O=c1[nH]c(=O)n([SiH2]O[SiH3])c(=O)[nH]1. The molecule has 66 valence electrons. The highest BCUT2D eigenvalue weighted by molar-refractivity contribution is 6.32. The van der Waals surface area contributed by atoms with Crippen LogP contribution in [-0.4, -0.2) is 34.6 Å². The fourth-order valence-electron chi connectivity index (χ4n) is 0.699. The first-order valence-corrected chi connectivity index (χ1v) is 5.10. The second kappa shape index (κ2) is 3.47. The summed E-state index contributed by atoms with van der Waals surface area (Å²) in [4.78, 5) is 36.2. The molecule has 7 nitrogen and oxygen atoms in total. The first kappa shape index (κ1) is 8.90. The van der Waals surface area contributed by atoms with Crippen LogP contribution in [0.3, 0.4) is 0 Å². The molecule has 1 rings (SSSR count). The van der Waals surface area contributed by atoms with Crippen molar-refractivity contribution in [2.45, 2.75) is 0 Å². The van der Waals surface area contributed by atoms with Crippen LogP contribution in [0.15, 0.2) is 14.4 Å². The van der Waals surface area contributed by atoms with Crippen molar-refractivity contribution < 1.29 is 4.12 Å². The van der Waals surface area contributed by atoms with Gasteiger partial charge in [0.05, 0.1) is 0 Å². The Hall–Kier alpha value is -1.20. The number of nitrogens with zero attached hydrogens (tertiary/aromatic N) is 1. The lowest BCUT2D eigenvalue weighted by Crippen LogP contribution is -2.45. The minimum atomic E-state index is -1.32. The van der Waals surface area contributed by atoms with Crippen LogP contribution in [0.2, 0.25) is 0 Å². The molecule has 1 aromatic rings. The Morgan fingerprint density at radius 2 is 1.75 bits per heavy atom. The molecule has 1 heterocycles. The number of aromatic amines is 2. The molecule has 0 atom stereocenters. The first-order chi connectivity index (χ1) is 5.65. The molecule has 0 saturated heterocycles. The highest BCUT2D eigenvalue weighted by atomic mass is 28.3. The van der Waals surface area contributed by atoms with Crippen LogP contribution in [0.5, 0.6) is 0 Å². The number of aromatic nitrogens is 3. The van der Waals surface area contributed by atoms with E-state index in [1.165, 1.54) is 0 Å². The lowest BCUT2D eigenvalue weighted by Gasteiger charge is -1.98. The average Bonchev–Trinajstić information content (AvgIpc) is 1.96. The molecule has 0 amide bonds. The number of nitrogens with one attached hydrogen (secondary N) is 2. The Bertz CT molecular complexity index is 396. The minimum Gasteiger partial charge on any atom is -0.453 e. The standard InChI is InChI=1S/C3H7N3O4Si2/c7-1-4-2(8)6(12-10-11)3(9)5-1/h12H2,11H3,(H2,4,5,7,8,9). The maximum atomic E-state index is 10.9. The molecule has 12 heavy (non-hydrogen) atoms. The molecule has 0 saturated carbocycles. The zero-order chi connectivity index (χ0) is 9.14. The molecule has 0 aliphatic carbocycles. The Labute approximate surface area is 71.0 Å². The van der Waals surface area contributed by atoms with Crippen LogP contribution in [0.1, 0.15) is 0 Å². The smallest absolute Gasteiger partial charge is 0.330 e. The van der Waals surface area contributed by atoms with Crippen molar-refractivity contribution in [1.29, 1.82) is 0 Å². The van der Waals surface area contributed by atoms with Crippen molar-refractivity contribution in [1.82, 2.24) is 14.2 Å². The molecule has 9 heteroatoms. The minimum absolute atomic E-state index is 0.475. The summed E-state index contributed by atoms with van der Waals surface area (Å²) in [7, 11) is -0.848. The van der Waals surface area contributed by atoms with Crippen molar-refractivity contribution in [3.05, 3.63) is 31.5 Å². The van der Waals surface area contributed by atoms with Crippen LogP contribution in [0.4, 0.5) is 0 Å². The van der Waals surface area contributed by atoms with Gasteiger partial charge < -0.3 is 4.12 Å². The molecule has 2 N–H and O–H groups in total. The van der Waals surface area contributed by atoms with Gasteiger partial charge in [0.2, 0.25) is 0 Å². The van der Waals surface area contributed by atoms with E-state index in [0.717, 1.165) is 4.23 Å². The highest BCUT2D eigenvalue weighted by Gasteiger charge is 2.00. The number of hydrogen-bond acceptors (Lipinski definition) is 4. The van der Waals surface area contributed by atoms with E-state index in [2.05, 4.69) is 0 Å². The first-order valence-electron chi connectivity index (χ1n) is 3.07. The van der Waals surface area contributed by atoms with E-state index in [4.69, 9.17) is 4.12 Å². The van der Waals surface area contributed by atoms with Gasteiger partial charge in [0.15, 0.2) is 0 Å². The van der Waals surface area contributed by atoms with Crippen molar-refractivity contribution >= 4 is 20.4 Å². The van der Waals surface area contributed by atoms with Crippen LogP contribution < -0.4 is 17.1 Å². The normalized spacial score (nSPS) is 11.3. The van der Waals surface area contributed by atoms with Gasteiger partial charge in [-0.25, -0.2) is 14.4 Å². The van der Waals surface area contributed by atoms with Crippen LogP contribution in [-0.2, 0) is 4.12 Å². The van der Waals surface area contributed by atoms with Gasteiger partial charge in [0, 0.05) is 0 Å². The van der Waals surface area contributed by atoms with Crippen LogP contribution >= 0.6 is 0 Å². The second-order valence-electron chi connectivity index (χ2n) is 2.04. The quantitative estimate of drug-likeness (QED) is 0.475. The molecule has 0 aromatic carbocycles. The predicted molar refractivity (Wildman–Crippen MR) is 46.9 cm³/mol. The predicted octanol–water partition coefficient (Wildman–Crippen LogP) is -4.63. The third-order valence-electron chi connectivity index (χ3n) is 1.19. The molecule has 0 radical (unpaired) electrons. The van der Waals surface area contributed by atoms with E-state index in [1.807, 2.05) is 9.97 Å². The maximum absolute atomic E-state index is 10.9. The highest BCUT2D eigenvalue weighted by Crippen LogP contribution is 1.56. The molecular formula is C3H7N3O4Si2. The van der Waals surface area contributed by atoms with E-state index in [9.17, 15) is 14.4 Å². The average molecular weight is 205 g/mol. The molecule has 0 bridgehead atoms. The van der Waals surface area contributed by atoms with Crippen LogP contribution in [0, 0.1) is 0 Å². The molecule has 0 fully saturated rings. The van der Waals surface area contributed by atoms with Gasteiger partial charge in [-0.3, -0.25) is 14.2 Å². The summed E-state index contributed by atoms with van der Waals surface area (Å²) >= 11 is 0. The number of rotatable bonds is 2. The molecule has 0 spiro atoms.